The fourth-order valence-electron chi connectivity index (χ4n) is 4.83. The van der Waals surface area contributed by atoms with E-state index in [2.05, 4.69) is 46.3 Å². The van der Waals surface area contributed by atoms with Crippen LogP contribution < -0.4 is 5.32 Å². The lowest BCUT2D eigenvalue weighted by Gasteiger charge is -2.29. The molecule has 0 aromatic heterocycles. The number of hydrogen-bond acceptors (Lipinski definition) is 4. The maximum absolute atomic E-state index is 11.9. The second-order valence-electron chi connectivity index (χ2n) is 8.92. The van der Waals surface area contributed by atoms with Crippen molar-refractivity contribution in [2.75, 3.05) is 59.0 Å². The minimum Gasteiger partial charge on any atom is -0.379 e. The molecule has 3 saturated heterocycles. The zero-order chi connectivity index (χ0) is 21.5. The highest BCUT2D eigenvalue weighted by atomic mass is 127. The molecule has 3 aliphatic rings. The third kappa shape index (κ3) is 7.05. The van der Waals surface area contributed by atoms with Gasteiger partial charge in [-0.15, -0.1) is 24.0 Å². The maximum Gasteiger partial charge on any atom is 0.222 e. The Bertz CT molecular complexity index is 769. The second-order valence-corrected chi connectivity index (χ2v) is 8.92. The lowest BCUT2D eigenvalue weighted by Crippen LogP contribution is -2.42. The minimum absolute atomic E-state index is 0. The number of guanidine groups is 1. The molecule has 7 nitrogen and oxygen atoms in total. The molecule has 0 radical (unpaired) electrons. The molecule has 1 amide bonds. The molecule has 1 aromatic carbocycles. The summed E-state index contributed by atoms with van der Waals surface area (Å²) in [7, 11) is 0. The molecule has 1 atom stereocenters. The number of carbonyl (C=O) groups excluding carboxylic acids is 1. The molecule has 4 rings (SSSR count). The van der Waals surface area contributed by atoms with Crippen LogP contribution in [0.3, 0.4) is 0 Å². The first-order valence-electron chi connectivity index (χ1n) is 11.9. The average Bonchev–Trinajstić information content (AvgIpc) is 3.41. The molecule has 1 N–H and O–H groups in total. The number of benzene rings is 1. The lowest BCUT2D eigenvalue weighted by atomic mass is 10.1. The van der Waals surface area contributed by atoms with Crippen LogP contribution in [0.15, 0.2) is 29.3 Å². The number of ether oxygens (including phenoxy) is 1. The zero-order valence-electron chi connectivity index (χ0n) is 19.3. The van der Waals surface area contributed by atoms with Crippen LogP contribution in [0.4, 0.5) is 0 Å². The Morgan fingerprint density at radius 3 is 2.75 bits per heavy atom. The second kappa shape index (κ2) is 12.7. The molecule has 178 valence electrons. The molecule has 0 aliphatic carbocycles. The minimum atomic E-state index is 0. The van der Waals surface area contributed by atoms with Gasteiger partial charge in [0.2, 0.25) is 5.91 Å². The third-order valence-corrected chi connectivity index (χ3v) is 6.49. The summed E-state index contributed by atoms with van der Waals surface area (Å²) < 4.78 is 5.48. The molecule has 1 unspecified atom stereocenters. The van der Waals surface area contributed by atoms with Crippen LogP contribution in [0, 0.1) is 5.92 Å². The summed E-state index contributed by atoms with van der Waals surface area (Å²) in [5.41, 5.74) is 2.39. The summed E-state index contributed by atoms with van der Waals surface area (Å²) in [6.07, 6.45) is 2.90. The molecule has 8 heteroatoms. The number of halogens is 1. The topological polar surface area (TPSA) is 60.4 Å². The van der Waals surface area contributed by atoms with Crippen molar-refractivity contribution >= 4 is 35.8 Å². The number of likely N-dealkylation sites (tertiary alicyclic amines) is 2. The van der Waals surface area contributed by atoms with Crippen LogP contribution in [0.2, 0.25) is 0 Å². The van der Waals surface area contributed by atoms with Crippen molar-refractivity contribution in [2.45, 2.75) is 39.3 Å². The summed E-state index contributed by atoms with van der Waals surface area (Å²) in [5, 5.41) is 3.49. The monoisotopic (exact) mass is 555 g/mol. The first-order chi connectivity index (χ1) is 15.2. The zero-order valence-corrected chi connectivity index (χ0v) is 21.6. The van der Waals surface area contributed by atoms with Gasteiger partial charge in [0.1, 0.15) is 0 Å². The van der Waals surface area contributed by atoms with Gasteiger partial charge in [0.05, 0.1) is 19.8 Å². The Kier molecular flexibility index (Phi) is 10.1. The average molecular weight is 556 g/mol. The molecule has 0 saturated carbocycles. The molecular formula is C24H38IN5O2. The Labute approximate surface area is 209 Å². The van der Waals surface area contributed by atoms with Crippen molar-refractivity contribution in [3.8, 4) is 0 Å². The summed E-state index contributed by atoms with van der Waals surface area (Å²) in [4.78, 5) is 23.8. The van der Waals surface area contributed by atoms with Crippen molar-refractivity contribution in [2.24, 2.45) is 10.9 Å². The van der Waals surface area contributed by atoms with E-state index >= 15 is 0 Å². The molecule has 1 aromatic rings. The van der Waals surface area contributed by atoms with Gasteiger partial charge in [0.15, 0.2) is 5.96 Å². The van der Waals surface area contributed by atoms with Crippen molar-refractivity contribution in [1.29, 1.82) is 0 Å². The molecule has 0 bridgehead atoms. The predicted molar refractivity (Wildman–Crippen MR) is 138 cm³/mol. The summed E-state index contributed by atoms with van der Waals surface area (Å²) in [6, 6.07) is 8.53. The first kappa shape index (κ1) is 25.2. The van der Waals surface area contributed by atoms with Crippen LogP contribution in [0.5, 0.6) is 0 Å². The third-order valence-electron chi connectivity index (χ3n) is 6.49. The number of hydrogen-bond donors (Lipinski definition) is 1. The van der Waals surface area contributed by atoms with Gasteiger partial charge in [-0.2, -0.15) is 0 Å². The van der Waals surface area contributed by atoms with Gasteiger partial charge in [-0.3, -0.25) is 9.69 Å². The van der Waals surface area contributed by atoms with E-state index in [-0.39, 0.29) is 29.9 Å². The van der Waals surface area contributed by atoms with Gasteiger partial charge in [0, 0.05) is 58.8 Å². The van der Waals surface area contributed by atoms with Gasteiger partial charge in [-0.1, -0.05) is 24.3 Å². The van der Waals surface area contributed by atoms with Crippen LogP contribution >= 0.6 is 24.0 Å². The van der Waals surface area contributed by atoms with Crippen molar-refractivity contribution < 1.29 is 9.53 Å². The predicted octanol–water partition coefficient (Wildman–Crippen LogP) is 2.55. The summed E-state index contributed by atoms with van der Waals surface area (Å²) in [6.45, 7) is 12.4. The van der Waals surface area contributed by atoms with Crippen molar-refractivity contribution in [3.63, 3.8) is 0 Å². The molecule has 3 heterocycles. The van der Waals surface area contributed by atoms with Gasteiger partial charge in [0.25, 0.3) is 0 Å². The number of rotatable bonds is 7. The Morgan fingerprint density at radius 1 is 1.19 bits per heavy atom. The molecular weight excluding hydrogens is 517 g/mol. The SMILES string of the molecule is CCNC(=NCc1cccc(CN2CCCC2=O)c1)N1CCC(CN2CCOCC2)C1.I. The van der Waals surface area contributed by atoms with E-state index in [9.17, 15) is 4.79 Å². The van der Waals surface area contributed by atoms with Gasteiger partial charge < -0.3 is 19.9 Å². The van der Waals surface area contributed by atoms with Gasteiger partial charge in [-0.25, -0.2) is 4.99 Å². The Morgan fingerprint density at radius 2 is 2.00 bits per heavy atom. The molecule has 3 aliphatic heterocycles. The summed E-state index contributed by atoms with van der Waals surface area (Å²) in [5.74, 6) is 1.99. The van der Waals surface area contributed by atoms with E-state index in [1.807, 2.05) is 4.90 Å². The van der Waals surface area contributed by atoms with E-state index in [1.54, 1.807) is 0 Å². The number of nitrogens with zero attached hydrogens (tertiary/aromatic N) is 4. The molecule has 0 spiro atoms. The quantitative estimate of drug-likeness (QED) is 0.319. The number of carbonyl (C=O) groups is 1. The number of amides is 1. The Balaban J connectivity index is 0.00000289. The van der Waals surface area contributed by atoms with Crippen molar-refractivity contribution in [1.82, 2.24) is 20.0 Å². The van der Waals surface area contributed by atoms with Crippen molar-refractivity contribution in [3.05, 3.63) is 35.4 Å². The Hall–Kier alpha value is -1.39. The van der Waals surface area contributed by atoms with E-state index in [0.717, 1.165) is 71.4 Å². The van der Waals surface area contributed by atoms with E-state index in [1.165, 1.54) is 17.5 Å². The molecule has 32 heavy (non-hydrogen) atoms. The highest BCUT2D eigenvalue weighted by Gasteiger charge is 2.27. The fraction of sp³-hybridized carbons (Fsp3) is 0.667. The number of aliphatic imine (C=N–C) groups is 1. The van der Waals surface area contributed by atoms with Gasteiger partial charge >= 0.3 is 0 Å². The lowest BCUT2D eigenvalue weighted by molar-refractivity contribution is -0.128. The fourth-order valence-corrected chi connectivity index (χ4v) is 4.83. The van der Waals surface area contributed by atoms with Crippen LogP contribution in [0.25, 0.3) is 0 Å². The maximum atomic E-state index is 11.9. The van der Waals surface area contributed by atoms with E-state index in [4.69, 9.17) is 9.73 Å². The summed E-state index contributed by atoms with van der Waals surface area (Å²) >= 11 is 0. The normalized spacial score (nSPS) is 22.3. The largest absolute Gasteiger partial charge is 0.379 e. The smallest absolute Gasteiger partial charge is 0.222 e. The highest BCUT2D eigenvalue weighted by molar-refractivity contribution is 14.0. The molecule has 3 fully saturated rings. The number of nitrogens with one attached hydrogen (secondary N) is 1. The highest BCUT2D eigenvalue weighted by Crippen LogP contribution is 2.19. The number of morpholine rings is 1. The van der Waals surface area contributed by atoms with Crippen LogP contribution in [-0.2, 0) is 22.6 Å². The van der Waals surface area contributed by atoms with E-state index < -0.39 is 0 Å². The standard InChI is InChI=1S/C24H37N5O2.HI/c1-2-25-24(29-10-8-22(19-29)17-27-11-13-31-14-12-27)26-16-20-5-3-6-21(15-20)18-28-9-4-7-23(28)30;/h3,5-6,15,22H,2,4,7-14,16-19H2,1H3,(H,25,26);1H. The first-order valence-corrected chi connectivity index (χ1v) is 11.9. The van der Waals surface area contributed by atoms with E-state index in [0.29, 0.717) is 25.4 Å². The van der Waals surface area contributed by atoms with Gasteiger partial charge in [-0.05, 0) is 36.8 Å². The van der Waals surface area contributed by atoms with Crippen LogP contribution in [-0.4, -0.2) is 85.6 Å². The van der Waals surface area contributed by atoms with Crippen LogP contribution in [0.1, 0.15) is 37.3 Å².